The molecule has 23 heavy (non-hydrogen) atoms. The van der Waals surface area contributed by atoms with E-state index in [1.54, 1.807) is 17.0 Å². The number of hydrogen-bond acceptors (Lipinski definition) is 4. The predicted octanol–water partition coefficient (Wildman–Crippen LogP) is 1.14. The molecule has 2 amide bonds. The third-order valence-electron chi connectivity index (χ3n) is 4.74. The molecule has 0 spiro atoms. The van der Waals surface area contributed by atoms with Crippen LogP contribution in [0.15, 0.2) is 22.8 Å². The van der Waals surface area contributed by atoms with Crippen LogP contribution in [0.1, 0.15) is 37.9 Å². The Bertz CT molecular complexity index is 604. The Morgan fingerprint density at radius 3 is 2.74 bits per heavy atom. The molecule has 0 unspecified atom stereocenters. The summed E-state index contributed by atoms with van der Waals surface area (Å²) in [5.41, 5.74) is -1.16. The number of carboxylic acids is 1. The topological polar surface area (TPSA) is 99.8 Å². The molecule has 124 valence electrons. The van der Waals surface area contributed by atoms with Crippen LogP contribution >= 0.6 is 0 Å². The monoisotopic (exact) mass is 320 g/mol. The van der Waals surface area contributed by atoms with Crippen molar-refractivity contribution < 1.29 is 23.9 Å². The molecule has 7 heteroatoms. The molecule has 2 fully saturated rings. The number of aliphatic carboxylic acids is 1. The summed E-state index contributed by atoms with van der Waals surface area (Å²) >= 11 is 0. The van der Waals surface area contributed by atoms with E-state index in [0.717, 1.165) is 12.8 Å². The van der Waals surface area contributed by atoms with E-state index >= 15 is 0 Å². The lowest BCUT2D eigenvalue weighted by Crippen LogP contribution is -2.54. The fourth-order valence-electron chi connectivity index (χ4n) is 3.40. The van der Waals surface area contributed by atoms with E-state index < -0.39 is 17.4 Å². The molecule has 1 saturated carbocycles. The Hall–Kier alpha value is -2.31. The lowest BCUT2D eigenvalue weighted by molar-refractivity contribution is -0.148. The van der Waals surface area contributed by atoms with Crippen LogP contribution in [0.25, 0.3) is 0 Å². The molecular weight excluding hydrogens is 300 g/mol. The summed E-state index contributed by atoms with van der Waals surface area (Å²) in [4.78, 5) is 37.6. The molecule has 1 aromatic heterocycles. The van der Waals surface area contributed by atoms with Gasteiger partial charge in [-0.2, -0.15) is 0 Å². The van der Waals surface area contributed by atoms with Crippen molar-refractivity contribution >= 4 is 17.8 Å². The Morgan fingerprint density at radius 1 is 1.39 bits per heavy atom. The zero-order chi connectivity index (χ0) is 16.4. The van der Waals surface area contributed by atoms with Gasteiger partial charge < -0.3 is 19.7 Å². The van der Waals surface area contributed by atoms with Gasteiger partial charge in [0.1, 0.15) is 11.3 Å². The Balaban J connectivity index is 1.62. The third-order valence-corrected chi connectivity index (χ3v) is 4.74. The SMILES string of the molecule is O=C(NC1(C(=O)O)CCCC1)[C@H]1CC(=O)N(Cc2ccco2)C1. The Labute approximate surface area is 133 Å². The van der Waals surface area contributed by atoms with Gasteiger partial charge >= 0.3 is 5.97 Å². The number of hydrogen-bond donors (Lipinski definition) is 2. The predicted molar refractivity (Wildman–Crippen MR) is 79.2 cm³/mol. The Morgan fingerprint density at radius 2 is 2.13 bits per heavy atom. The molecule has 1 saturated heterocycles. The molecule has 3 rings (SSSR count). The van der Waals surface area contributed by atoms with Crippen molar-refractivity contribution in [3.63, 3.8) is 0 Å². The van der Waals surface area contributed by atoms with E-state index in [9.17, 15) is 19.5 Å². The first-order chi connectivity index (χ1) is 11.0. The van der Waals surface area contributed by atoms with Crippen molar-refractivity contribution in [3.8, 4) is 0 Å². The largest absolute Gasteiger partial charge is 0.480 e. The zero-order valence-corrected chi connectivity index (χ0v) is 12.8. The highest BCUT2D eigenvalue weighted by Gasteiger charge is 2.45. The molecular formula is C16H20N2O5. The highest BCUT2D eigenvalue weighted by atomic mass is 16.4. The van der Waals surface area contributed by atoms with Crippen LogP contribution in [-0.2, 0) is 20.9 Å². The van der Waals surface area contributed by atoms with Gasteiger partial charge in [0.15, 0.2) is 0 Å². The second-order valence-electron chi connectivity index (χ2n) is 6.34. The highest BCUT2D eigenvalue weighted by Crippen LogP contribution is 2.31. The second-order valence-corrected chi connectivity index (χ2v) is 6.34. The quantitative estimate of drug-likeness (QED) is 0.847. The molecule has 2 aliphatic rings. The first-order valence-electron chi connectivity index (χ1n) is 7.86. The van der Waals surface area contributed by atoms with Crippen molar-refractivity contribution in [3.05, 3.63) is 24.2 Å². The van der Waals surface area contributed by atoms with Crippen molar-refractivity contribution in [2.45, 2.75) is 44.2 Å². The van der Waals surface area contributed by atoms with E-state index in [1.165, 1.54) is 6.26 Å². The van der Waals surface area contributed by atoms with Crippen molar-refractivity contribution in [1.29, 1.82) is 0 Å². The summed E-state index contributed by atoms with van der Waals surface area (Å²) in [6.07, 6.45) is 4.14. The maximum absolute atomic E-state index is 12.4. The van der Waals surface area contributed by atoms with Crippen LogP contribution in [0.2, 0.25) is 0 Å². The normalized spacial score (nSPS) is 23.2. The van der Waals surface area contributed by atoms with Crippen LogP contribution in [0.4, 0.5) is 0 Å². The molecule has 0 radical (unpaired) electrons. The summed E-state index contributed by atoms with van der Waals surface area (Å²) in [7, 11) is 0. The lowest BCUT2D eigenvalue weighted by Gasteiger charge is -2.26. The van der Waals surface area contributed by atoms with Crippen LogP contribution in [0.5, 0.6) is 0 Å². The number of nitrogens with zero attached hydrogens (tertiary/aromatic N) is 1. The average Bonchev–Trinajstić information content (AvgIpc) is 3.22. The summed E-state index contributed by atoms with van der Waals surface area (Å²) in [6, 6.07) is 3.52. The van der Waals surface area contributed by atoms with Gasteiger partial charge in [-0.05, 0) is 25.0 Å². The maximum atomic E-state index is 12.4. The lowest BCUT2D eigenvalue weighted by atomic mass is 9.96. The molecule has 0 bridgehead atoms. The first kappa shape index (κ1) is 15.6. The van der Waals surface area contributed by atoms with E-state index in [0.29, 0.717) is 31.7 Å². The summed E-state index contributed by atoms with van der Waals surface area (Å²) < 4.78 is 5.22. The van der Waals surface area contributed by atoms with Gasteiger partial charge in [0.2, 0.25) is 11.8 Å². The second kappa shape index (κ2) is 6.06. The maximum Gasteiger partial charge on any atom is 0.329 e. The van der Waals surface area contributed by atoms with Crippen LogP contribution in [-0.4, -0.2) is 39.9 Å². The minimum atomic E-state index is -1.16. The Kier molecular flexibility index (Phi) is 4.11. The van der Waals surface area contributed by atoms with Gasteiger partial charge in [0.05, 0.1) is 18.7 Å². The fourth-order valence-corrected chi connectivity index (χ4v) is 3.40. The molecule has 1 aromatic rings. The van der Waals surface area contributed by atoms with Crippen molar-refractivity contribution in [2.75, 3.05) is 6.54 Å². The number of carboxylic acid groups (broad SMARTS) is 1. The number of furan rings is 1. The van der Waals surface area contributed by atoms with E-state index in [-0.39, 0.29) is 18.2 Å². The molecule has 1 atom stereocenters. The minimum Gasteiger partial charge on any atom is -0.480 e. The van der Waals surface area contributed by atoms with Gasteiger partial charge in [-0.1, -0.05) is 12.8 Å². The summed E-state index contributed by atoms with van der Waals surface area (Å²) in [5.74, 6) is -1.28. The standard InChI is InChI=1S/C16H20N2O5/c19-13-8-11(9-18(13)10-12-4-3-7-23-12)14(20)17-16(15(21)22)5-1-2-6-16/h3-4,7,11H,1-2,5-6,8-10H2,(H,17,20)(H,21,22)/t11-/m0/s1. The molecule has 7 nitrogen and oxygen atoms in total. The third kappa shape index (κ3) is 3.09. The van der Waals surface area contributed by atoms with E-state index in [1.807, 2.05) is 0 Å². The molecule has 2 N–H and O–H groups in total. The van der Waals surface area contributed by atoms with Gasteiger partial charge in [0, 0.05) is 13.0 Å². The average molecular weight is 320 g/mol. The highest BCUT2D eigenvalue weighted by molar-refractivity contribution is 5.92. The van der Waals surface area contributed by atoms with Gasteiger partial charge in [0.25, 0.3) is 0 Å². The number of carbonyl (C=O) groups is 3. The summed E-state index contributed by atoms with van der Waals surface area (Å²) in [6.45, 7) is 0.626. The minimum absolute atomic E-state index is 0.113. The molecule has 1 aliphatic carbocycles. The molecule has 1 aliphatic heterocycles. The summed E-state index contributed by atoms with van der Waals surface area (Å²) in [5, 5.41) is 12.1. The van der Waals surface area contributed by atoms with Crippen LogP contribution in [0, 0.1) is 5.92 Å². The van der Waals surface area contributed by atoms with Crippen LogP contribution < -0.4 is 5.32 Å². The van der Waals surface area contributed by atoms with Crippen molar-refractivity contribution in [1.82, 2.24) is 10.2 Å². The van der Waals surface area contributed by atoms with Crippen LogP contribution in [0.3, 0.4) is 0 Å². The van der Waals surface area contributed by atoms with Gasteiger partial charge in [-0.15, -0.1) is 0 Å². The fraction of sp³-hybridized carbons (Fsp3) is 0.562. The number of likely N-dealkylation sites (tertiary alicyclic amines) is 1. The number of carbonyl (C=O) groups excluding carboxylic acids is 2. The first-order valence-corrected chi connectivity index (χ1v) is 7.86. The van der Waals surface area contributed by atoms with E-state index in [2.05, 4.69) is 5.32 Å². The molecule has 0 aromatic carbocycles. The smallest absolute Gasteiger partial charge is 0.329 e. The number of rotatable bonds is 5. The van der Waals surface area contributed by atoms with Crippen molar-refractivity contribution in [2.24, 2.45) is 5.92 Å². The zero-order valence-electron chi connectivity index (χ0n) is 12.8. The molecule has 2 heterocycles. The van der Waals surface area contributed by atoms with Gasteiger partial charge in [-0.3, -0.25) is 9.59 Å². The number of nitrogens with one attached hydrogen (secondary N) is 1. The van der Waals surface area contributed by atoms with Gasteiger partial charge in [-0.25, -0.2) is 4.79 Å². The van der Waals surface area contributed by atoms with E-state index in [4.69, 9.17) is 4.42 Å². The number of amides is 2.